The van der Waals surface area contributed by atoms with Gasteiger partial charge in [-0.15, -0.1) is 0 Å². The summed E-state index contributed by atoms with van der Waals surface area (Å²) in [6, 6.07) is 7.93. The van der Waals surface area contributed by atoms with Gasteiger partial charge in [-0.25, -0.2) is 0 Å². The van der Waals surface area contributed by atoms with Crippen molar-refractivity contribution in [2.75, 3.05) is 29.9 Å². The molecule has 5 heteroatoms. The summed E-state index contributed by atoms with van der Waals surface area (Å²) < 4.78 is 0. The summed E-state index contributed by atoms with van der Waals surface area (Å²) in [5.41, 5.74) is 2.00. The molecule has 1 aromatic rings. The van der Waals surface area contributed by atoms with Crippen LogP contribution in [0.3, 0.4) is 0 Å². The van der Waals surface area contributed by atoms with Gasteiger partial charge in [0.25, 0.3) is 0 Å². The molecule has 2 fully saturated rings. The summed E-state index contributed by atoms with van der Waals surface area (Å²) in [5, 5.41) is 5.55. The number of benzene rings is 1. The molecule has 3 rings (SSSR count). The highest BCUT2D eigenvalue weighted by Crippen LogP contribution is 2.22. The van der Waals surface area contributed by atoms with Crippen molar-refractivity contribution < 1.29 is 9.59 Å². The van der Waals surface area contributed by atoms with Crippen LogP contribution in [0.25, 0.3) is 0 Å². The smallest absolute Gasteiger partial charge is 0.229 e. The third-order valence-electron chi connectivity index (χ3n) is 3.95. The summed E-state index contributed by atoms with van der Waals surface area (Å²) in [6.07, 6.45) is 2.79. The van der Waals surface area contributed by atoms with E-state index in [1.54, 1.807) is 0 Å². The van der Waals surface area contributed by atoms with E-state index in [4.69, 9.17) is 0 Å². The number of hydrogen-bond donors (Lipinski definition) is 2. The average molecular weight is 273 g/mol. The zero-order chi connectivity index (χ0) is 13.9. The van der Waals surface area contributed by atoms with Crippen molar-refractivity contribution in [2.45, 2.75) is 19.3 Å². The van der Waals surface area contributed by atoms with Crippen LogP contribution in [0.2, 0.25) is 0 Å². The van der Waals surface area contributed by atoms with E-state index < -0.39 is 0 Å². The Morgan fingerprint density at radius 3 is 2.50 bits per heavy atom. The Labute approximate surface area is 118 Å². The number of hydrogen-bond acceptors (Lipinski definition) is 3. The lowest BCUT2D eigenvalue weighted by Crippen LogP contribution is -2.24. The molecule has 1 unspecified atom stereocenters. The third-order valence-corrected chi connectivity index (χ3v) is 3.95. The lowest BCUT2D eigenvalue weighted by atomic mass is 10.1. The average Bonchev–Trinajstić information content (AvgIpc) is 3.10. The number of nitrogens with zero attached hydrogens (tertiary/aromatic N) is 1. The highest BCUT2D eigenvalue weighted by atomic mass is 16.2. The highest BCUT2D eigenvalue weighted by molar-refractivity contribution is 5.97. The van der Waals surface area contributed by atoms with Crippen LogP contribution in [0.4, 0.5) is 11.4 Å². The Balaban J connectivity index is 1.60. The van der Waals surface area contributed by atoms with Crippen molar-refractivity contribution in [2.24, 2.45) is 5.92 Å². The Hall–Kier alpha value is -2.04. The van der Waals surface area contributed by atoms with Crippen molar-refractivity contribution in [3.8, 4) is 0 Å². The van der Waals surface area contributed by atoms with Crippen LogP contribution in [0.1, 0.15) is 19.3 Å². The van der Waals surface area contributed by atoms with Crippen LogP contribution in [-0.4, -0.2) is 31.4 Å². The van der Waals surface area contributed by atoms with Gasteiger partial charge in [-0.2, -0.15) is 0 Å². The van der Waals surface area contributed by atoms with Gasteiger partial charge < -0.3 is 15.5 Å². The van der Waals surface area contributed by atoms with Crippen LogP contribution >= 0.6 is 0 Å². The van der Waals surface area contributed by atoms with E-state index in [0.29, 0.717) is 6.54 Å². The number of nitrogens with one attached hydrogen (secondary N) is 2. The van der Waals surface area contributed by atoms with Crippen LogP contribution in [0.15, 0.2) is 24.3 Å². The Morgan fingerprint density at radius 1 is 1.20 bits per heavy atom. The quantitative estimate of drug-likeness (QED) is 0.874. The maximum absolute atomic E-state index is 12.0. The molecule has 20 heavy (non-hydrogen) atoms. The van der Waals surface area contributed by atoms with Crippen LogP contribution in [0.5, 0.6) is 0 Å². The number of rotatable bonds is 3. The van der Waals surface area contributed by atoms with Gasteiger partial charge in [0, 0.05) is 37.4 Å². The fourth-order valence-corrected chi connectivity index (χ4v) is 2.77. The van der Waals surface area contributed by atoms with Gasteiger partial charge in [0.1, 0.15) is 0 Å². The van der Waals surface area contributed by atoms with E-state index >= 15 is 0 Å². The second-order valence-corrected chi connectivity index (χ2v) is 5.44. The third kappa shape index (κ3) is 2.76. The van der Waals surface area contributed by atoms with Crippen molar-refractivity contribution in [1.82, 2.24) is 5.32 Å². The topological polar surface area (TPSA) is 61.4 Å². The zero-order valence-electron chi connectivity index (χ0n) is 11.4. The summed E-state index contributed by atoms with van der Waals surface area (Å²) in [6.45, 7) is 2.67. The molecule has 1 atom stereocenters. The standard InChI is InChI=1S/C15H19N3O2/c19-14-9-11(10-16-14)15(20)17-12-3-5-13(6-4-12)18-7-1-2-8-18/h3-6,11H,1-2,7-10H2,(H,16,19)(H,17,20). The molecule has 0 aliphatic carbocycles. The molecule has 2 N–H and O–H groups in total. The molecule has 2 saturated heterocycles. The minimum atomic E-state index is -0.249. The maximum Gasteiger partial charge on any atom is 0.229 e. The normalized spacial score (nSPS) is 21.9. The predicted octanol–water partition coefficient (Wildman–Crippen LogP) is 1.36. The molecule has 0 spiro atoms. The minimum absolute atomic E-state index is 0.0467. The zero-order valence-corrected chi connectivity index (χ0v) is 11.4. The number of anilines is 2. The molecule has 2 aliphatic heterocycles. The van der Waals surface area contributed by atoms with Crippen LogP contribution in [0, 0.1) is 5.92 Å². The molecule has 0 bridgehead atoms. The van der Waals surface area contributed by atoms with Gasteiger partial charge in [0.15, 0.2) is 0 Å². The predicted molar refractivity (Wildman–Crippen MR) is 77.6 cm³/mol. The van der Waals surface area contributed by atoms with Gasteiger partial charge in [-0.1, -0.05) is 0 Å². The van der Waals surface area contributed by atoms with E-state index in [1.807, 2.05) is 24.3 Å². The van der Waals surface area contributed by atoms with Crippen LogP contribution < -0.4 is 15.5 Å². The molecule has 2 aliphatic rings. The largest absolute Gasteiger partial charge is 0.372 e. The van der Waals surface area contributed by atoms with E-state index in [2.05, 4.69) is 15.5 Å². The minimum Gasteiger partial charge on any atom is -0.372 e. The van der Waals surface area contributed by atoms with Crippen molar-refractivity contribution in [1.29, 1.82) is 0 Å². The SMILES string of the molecule is O=C1CC(C(=O)Nc2ccc(N3CCCC3)cc2)CN1. The van der Waals surface area contributed by atoms with Gasteiger partial charge in [0.05, 0.1) is 5.92 Å². The first-order chi connectivity index (χ1) is 9.72. The molecule has 2 heterocycles. The van der Waals surface area contributed by atoms with Crippen molar-refractivity contribution >= 4 is 23.2 Å². The maximum atomic E-state index is 12.0. The van der Waals surface area contributed by atoms with Gasteiger partial charge >= 0.3 is 0 Å². The van der Waals surface area contributed by atoms with Gasteiger partial charge in [-0.05, 0) is 37.1 Å². The van der Waals surface area contributed by atoms with Crippen molar-refractivity contribution in [3.05, 3.63) is 24.3 Å². The second kappa shape index (κ2) is 5.53. The first-order valence-electron chi connectivity index (χ1n) is 7.15. The Kier molecular flexibility index (Phi) is 3.58. The summed E-state index contributed by atoms with van der Waals surface area (Å²) in [7, 11) is 0. The molecule has 1 aromatic carbocycles. The van der Waals surface area contributed by atoms with Crippen molar-refractivity contribution in [3.63, 3.8) is 0 Å². The first kappa shape index (κ1) is 13.0. The summed E-state index contributed by atoms with van der Waals surface area (Å²) in [5.74, 6) is -0.382. The molecule has 0 aromatic heterocycles. The second-order valence-electron chi connectivity index (χ2n) is 5.44. The lowest BCUT2D eigenvalue weighted by molar-refractivity contribution is -0.123. The molecular formula is C15H19N3O2. The van der Waals surface area contributed by atoms with Gasteiger partial charge in [0.2, 0.25) is 11.8 Å². The molecular weight excluding hydrogens is 254 g/mol. The monoisotopic (exact) mass is 273 g/mol. The first-order valence-corrected chi connectivity index (χ1v) is 7.15. The summed E-state index contributed by atoms with van der Waals surface area (Å²) in [4.78, 5) is 25.4. The molecule has 0 saturated carbocycles. The molecule has 2 amide bonds. The number of amides is 2. The Morgan fingerprint density at radius 2 is 1.90 bits per heavy atom. The van der Waals surface area contributed by atoms with E-state index in [0.717, 1.165) is 18.8 Å². The molecule has 106 valence electrons. The van der Waals surface area contributed by atoms with Gasteiger partial charge in [-0.3, -0.25) is 9.59 Å². The fourth-order valence-electron chi connectivity index (χ4n) is 2.77. The van der Waals surface area contributed by atoms with Crippen LogP contribution in [-0.2, 0) is 9.59 Å². The number of carbonyl (C=O) groups is 2. The highest BCUT2D eigenvalue weighted by Gasteiger charge is 2.27. The Bertz CT molecular complexity index is 506. The lowest BCUT2D eigenvalue weighted by Gasteiger charge is -2.18. The van der Waals surface area contributed by atoms with E-state index in [1.165, 1.54) is 18.5 Å². The number of carbonyl (C=O) groups excluding carboxylic acids is 2. The summed E-state index contributed by atoms with van der Waals surface area (Å²) >= 11 is 0. The van der Waals surface area contributed by atoms with E-state index in [9.17, 15) is 9.59 Å². The molecule has 0 radical (unpaired) electrons. The fraction of sp³-hybridized carbons (Fsp3) is 0.467. The van der Waals surface area contributed by atoms with E-state index in [-0.39, 0.29) is 24.2 Å². The molecule has 5 nitrogen and oxygen atoms in total.